The molecule has 0 saturated carbocycles. The van der Waals surface area contributed by atoms with E-state index in [1.165, 1.54) is 0 Å². The smallest absolute Gasteiger partial charge is 0 e. The second-order valence-corrected chi connectivity index (χ2v) is 0. The Labute approximate surface area is 40.2 Å². The molecule has 0 aromatic heterocycles. The summed E-state index contributed by atoms with van der Waals surface area (Å²) in [4.78, 5) is 0. The van der Waals surface area contributed by atoms with Gasteiger partial charge in [0.2, 0.25) is 0 Å². The van der Waals surface area contributed by atoms with E-state index in [0.29, 0.717) is 0 Å². The van der Waals surface area contributed by atoms with Gasteiger partial charge in [-0.2, -0.15) is 0 Å². The fourth-order valence-corrected chi connectivity index (χ4v) is 0. The zero-order valence-corrected chi connectivity index (χ0v) is 4.71. The van der Waals surface area contributed by atoms with Crippen molar-refractivity contribution in [3.05, 3.63) is 0 Å². The molecule has 0 fully saturated rings. The topological polar surface area (TPSA) is 105 Å². The first-order valence-corrected chi connectivity index (χ1v) is 0. The molecule has 0 rings (SSSR count). The minimum Gasteiger partial charge on any atom is -0.344 e. The van der Waals surface area contributed by atoms with Crippen molar-refractivity contribution in [3.63, 3.8) is 0 Å². The Kier molecular flexibility index (Phi) is 3280. The molecule has 0 aromatic rings. The molecule has 0 aliphatic rings. The van der Waals surface area contributed by atoms with Crippen molar-refractivity contribution < 1.29 is 21.1 Å². The molecule has 0 unspecified atom stereocenters. The number of hydrogen-bond donors (Lipinski definition) is 3. The van der Waals surface area contributed by atoms with Gasteiger partial charge in [-0.25, -0.2) is 0 Å². The average molecular weight is 246 g/mol. The molecule has 0 aromatic carbocycles. The second kappa shape index (κ2) is 72.9. The van der Waals surface area contributed by atoms with E-state index in [1.54, 1.807) is 0 Å². The van der Waals surface area contributed by atoms with Crippen LogP contribution in [0.1, 0.15) is 0 Å². The van der Waals surface area contributed by atoms with Crippen LogP contribution in [0.3, 0.4) is 0 Å². The van der Waals surface area contributed by atoms with E-state index < -0.39 is 0 Å². The quantitative estimate of drug-likeness (QED) is 0.579. The molecule has 0 aliphatic carbocycles. The van der Waals surface area contributed by atoms with E-state index in [0.717, 1.165) is 0 Å². The molecule has 3 nitrogen and oxygen atoms in total. The van der Waals surface area contributed by atoms with Crippen molar-refractivity contribution in [2.24, 2.45) is 0 Å². The summed E-state index contributed by atoms with van der Waals surface area (Å²) in [5, 5.41) is 0. The molecule has 9 N–H and O–H groups in total. The molecule has 0 saturated heterocycles. The first-order valence-electron chi connectivity index (χ1n) is 0. The summed E-state index contributed by atoms with van der Waals surface area (Å²) in [7, 11) is 0. The predicted molar refractivity (Wildman–Crippen MR) is 15.1 cm³/mol. The largest absolute Gasteiger partial charge is 0.344 e. The van der Waals surface area contributed by atoms with Gasteiger partial charge in [0, 0.05) is 21.1 Å². The van der Waals surface area contributed by atoms with Crippen molar-refractivity contribution in [1.82, 2.24) is 18.5 Å². The van der Waals surface area contributed by atoms with Gasteiger partial charge in [-0.15, -0.1) is 0 Å². The van der Waals surface area contributed by atoms with Crippen LogP contribution in [0.4, 0.5) is 0 Å². The van der Waals surface area contributed by atoms with Crippen molar-refractivity contribution in [1.29, 1.82) is 0 Å². The Morgan fingerprint density at radius 2 is 0.500 bits per heavy atom. The summed E-state index contributed by atoms with van der Waals surface area (Å²) in [6.07, 6.45) is 0. The average Bonchev–Trinajstić information content (AvgIpc) is 0. The van der Waals surface area contributed by atoms with Crippen LogP contribution in [0.2, 0.25) is 0 Å². The Bertz CT molecular complexity index is 3.25. The Balaban J connectivity index is 0. The molecule has 34 valence electrons. The van der Waals surface area contributed by atoms with Crippen molar-refractivity contribution in [3.8, 4) is 0 Å². The van der Waals surface area contributed by atoms with E-state index in [-0.39, 0.29) is 39.5 Å². The molecule has 0 heterocycles. The molecular weight excluding hydrogens is 237 g/mol. The molecule has 0 atom stereocenters. The fraction of sp³-hybridized carbons (Fsp3) is 0. The first kappa shape index (κ1) is 180. The summed E-state index contributed by atoms with van der Waals surface area (Å²) >= 11 is 0. The van der Waals surface area contributed by atoms with Crippen molar-refractivity contribution in [2.45, 2.75) is 0 Å². The third-order valence-electron chi connectivity index (χ3n) is 0. The van der Waals surface area contributed by atoms with E-state index in [4.69, 9.17) is 0 Å². The second-order valence-electron chi connectivity index (χ2n) is 0. The number of hydrogen-bond acceptors (Lipinski definition) is 3. The van der Waals surface area contributed by atoms with Crippen LogP contribution >= 0.6 is 0 Å². The van der Waals surface area contributed by atoms with Crippen LogP contribution in [-0.4, -0.2) is 0 Å². The molecule has 4 heavy (non-hydrogen) atoms. The summed E-state index contributed by atoms with van der Waals surface area (Å²) in [6, 6.07) is 0. The molecular formula is H9N3Pt. The van der Waals surface area contributed by atoms with Gasteiger partial charge in [-0.3, -0.25) is 0 Å². The van der Waals surface area contributed by atoms with Crippen molar-refractivity contribution in [2.75, 3.05) is 0 Å². The third kappa shape index (κ3) is 19.6. The molecule has 0 amide bonds. The van der Waals surface area contributed by atoms with E-state index >= 15 is 0 Å². The van der Waals surface area contributed by atoms with Crippen LogP contribution in [0.25, 0.3) is 0 Å². The van der Waals surface area contributed by atoms with Gasteiger partial charge in [0.15, 0.2) is 0 Å². The van der Waals surface area contributed by atoms with Crippen LogP contribution in [-0.2, 0) is 21.1 Å². The maximum absolute atomic E-state index is 0. The van der Waals surface area contributed by atoms with Gasteiger partial charge in [-0.1, -0.05) is 0 Å². The minimum atomic E-state index is 0. The van der Waals surface area contributed by atoms with Crippen LogP contribution in [0, 0.1) is 0 Å². The minimum absolute atomic E-state index is 0. The van der Waals surface area contributed by atoms with Gasteiger partial charge in [-0.05, 0) is 0 Å². The van der Waals surface area contributed by atoms with Crippen LogP contribution in [0.5, 0.6) is 0 Å². The zero-order chi connectivity index (χ0) is 0. The standard InChI is InChI=1S/3H3N.Pt/h3*1H3;. The van der Waals surface area contributed by atoms with Crippen LogP contribution in [0.15, 0.2) is 0 Å². The Morgan fingerprint density at radius 1 is 0.500 bits per heavy atom. The van der Waals surface area contributed by atoms with Gasteiger partial charge in [0.25, 0.3) is 0 Å². The van der Waals surface area contributed by atoms with E-state index in [2.05, 4.69) is 0 Å². The summed E-state index contributed by atoms with van der Waals surface area (Å²) in [5.41, 5.74) is 0. The van der Waals surface area contributed by atoms with Gasteiger partial charge >= 0.3 is 0 Å². The third-order valence-corrected chi connectivity index (χ3v) is 0. The molecule has 0 bridgehead atoms. The molecule has 0 radical (unpaired) electrons. The first-order chi connectivity index (χ1) is 0. The Morgan fingerprint density at radius 3 is 0.500 bits per heavy atom. The Hall–Kier alpha value is 0.568. The van der Waals surface area contributed by atoms with Gasteiger partial charge in [0.05, 0.1) is 0 Å². The maximum atomic E-state index is 0. The van der Waals surface area contributed by atoms with Gasteiger partial charge in [0.1, 0.15) is 0 Å². The van der Waals surface area contributed by atoms with E-state index in [9.17, 15) is 0 Å². The maximum Gasteiger partial charge on any atom is 0 e. The van der Waals surface area contributed by atoms with Crippen LogP contribution < -0.4 is 18.5 Å². The number of rotatable bonds is 0. The summed E-state index contributed by atoms with van der Waals surface area (Å²) in [5.74, 6) is 0. The van der Waals surface area contributed by atoms with Crippen molar-refractivity contribution >= 4 is 0 Å². The zero-order valence-electron chi connectivity index (χ0n) is 2.44. The summed E-state index contributed by atoms with van der Waals surface area (Å²) < 4.78 is 0. The summed E-state index contributed by atoms with van der Waals surface area (Å²) in [6.45, 7) is 0. The van der Waals surface area contributed by atoms with E-state index in [1.807, 2.05) is 0 Å². The molecule has 0 spiro atoms. The normalized spacial score (nSPS) is 0. The molecule has 4 heteroatoms. The SMILES string of the molecule is N.N.N.[Pt]. The monoisotopic (exact) mass is 246 g/mol. The predicted octanol–water partition coefficient (Wildman–Crippen LogP) is 0.483. The molecule has 0 aliphatic heterocycles. The van der Waals surface area contributed by atoms with Gasteiger partial charge < -0.3 is 18.5 Å². The fourth-order valence-electron chi connectivity index (χ4n) is 0.